The molecule has 28 heavy (non-hydrogen) atoms. The second-order valence-corrected chi connectivity index (χ2v) is 8.32. The summed E-state index contributed by atoms with van der Waals surface area (Å²) in [4.78, 5) is 16.7. The molecular weight excluding hydrogens is 368 g/mol. The molecule has 0 saturated carbocycles. The highest BCUT2D eigenvalue weighted by atomic mass is 32.1. The van der Waals surface area contributed by atoms with Gasteiger partial charge >= 0.3 is 0 Å². The predicted molar refractivity (Wildman–Crippen MR) is 112 cm³/mol. The summed E-state index contributed by atoms with van der Waals surface area (Å²) in [5, 5.41) is 9.00. The van der Waals surface area contributed by atoms with Gasteiger partial charge in [-0.15, -0.1) is 0 Å². The summed E-state index contributed by atoms with van der Waals surface area (Å²) in [5.74, 6) is 0.129. The Labute approximate surface area is 170 Å². The topological polar surface area (TPSA) is 42.6 Å². The van der Waals surface area contributed by atoms with E-state index in [4.69, 9.17) is 0 Å². The van der Waals surface area contributed by atoms with Crippen molar-refractivity contribution >= 4 is 17.2 Å². The number of carbonyl (C=O) groups excluding carboxylic acids is 1. The summed E-state index contributed by atoms with van der Waals surface area (Å²) in [6.45, 7) is 9.31. The van der Waals surface area contributed by atoms with Crippen LogP contribution in [-0.2, 0) is 13.1 Å². The molecule has 0 radical (unpaired) electrons. The van der Waals surface area contributed by atoms with Crippen LogP contribution in [0, 0.1) is 13.8 Å². The molecule has 4 rings (SSSR count). The first-order valence-electron chi connectivity index (χ1n) is 9.83. The average molecular weight is 396 g/mol. The largest absolute Gasteiger partial charge is 0.328 e. The number of piperazine rings is 1. The highest BCUT2D eigenvalue weighted by Crippen LogP contribution is 2.17. The average Bonchev–Trinajstić information content (AvgIpc) is 3.31. The molecular formula is C22H27N4OS+. The number of thiophene rings is 1. The molecule has 3 heterocycles. The lowest BCUT2D eigenvalue weighted by Gasteiger charge is -2.32. The van der Waals surface area contributed by atoms with Gasteiger partial charge in [-0.05, 0) is 36.2 Å². The minimum atomic E-state index is 0.129. The van der Waals surface area contributed by atoms with Gasteiger partial charge in [-0.1, -0.05) is 30.3 Å². The second-order valence-electron chi connectivity index (χ2n) is 7.54. The molecule has 1 saturated heterocycles. The fourth-order valence-electron chi connectivity index (χ4n) is 3.96. The number of aromatic nitrogens is 2. The van der Waals surface area contributed by atoms with Crippen molar-refractivity contribution in [2.45, 2.75) is 26.9 Å². The number of nitrogens with one attached hydrogen (secondary N) is 1. The van der Waals surface area contributed by atoms with Crippen LogP contribution < -0.4 is 4.90 Å². The first-order chi connectivity index (χ1) is 13.6. The van der Waals surface area contributed by atoms with Crippen LogP contribution in [0.5, 0.6) is 0 Å². The van der Waals surface area contributed by atoms with Crippen molar-refractivity contribution in [3.05, 3.63) is 75.2 Å². The summed E-state index contributed by atoms with van der Waals surface area (Å²) in [6.07, 6.45) is 0. The number of hydrogen-bond acceptors (Lipinski definition) is 3. The number of nitrogens with zero attached hydrogens (tertiary/aromatic N) is 3. The lowest BCUT2D eigenvalue weighted by Crippen LogP contribution is -3.13. The van der Waals surface area contributed by atoms with E-state index in [-0.39, 0.29) is 5.91 Å². The summed E-state index contributed by atoms with van der Waals surface area (Å²) in [7, 11) is 0. The van der Waals surface area contributed by atoms with E-state index in [2.05, 4.69) is 34.1 Å². The van der Waals surface area contributed by atoms with E-state index in [0.717, 1.165) is 49.7 Å². The molecule has 5 nitrogen and oxygen atoms in total. The third-order valence-corrected chi connectivity index (χ3v) is 6.29. The lowest BCUT2D eigenvalue weighted by atomic mass is 10.1. The quantitative estimate of drug-likeness (QED) is 0.719. The number of carbonyl (C=O) groups is 1. The first kappa shape index (κ1) is 18.9. The molecule has 1 fully saturated rings. The molecule has 0 bridgehead atoms. The fourth-order valence-corrected chi connectivity index (χ4v) is 4.63. The Kier molecular flexibility index (Phi) is 5.59. The standard InChI is InChI=1S/C22H26N4OS/c1-17-21(18(2)26(23-17)15-19-6-4-3-5-7-19)22(27)25-11-9-24(10-12-25)14-20-8-13-28-16-20/h3-8,13,16H,9-12,14-15H2,1-2H3/p+1. The van der Waals surface area contributed by atoms with Crippen LogP contribution in [0.2, 0.25) is 0 Å². The number of rotatable bonds is 5. The van der Waals surface area contributed by atoms with Crippen molar-refractivity contribution < 1.29 is 9.69 Å². The van der Waals surface area contributed by atoms with Gasteiger partial charge in [0.15, 0.2) is 0 Å². The number of benzene rings is 1. The molecule has 0 unspecified atom stereocenters. The zero-order valence-corrected chi connectivity index (χ0v) is 17.3. The van der Waals surface area contributed by atoms with Gasteiger partial charge in [-0.2, -0.15) is 16.4 Å². The Morgan fingerprint density at radius 2 is 1.86 bits per heavy atom. The minimum Gasteiger partial charge on any atom is -0.328 e. The minimum absolute atomic E-state index is 0.129. The molecule has 1 aliphatic rings. The lowest BCUT2D eigenvalue weighted by molar-refractivity contribution is -0.917. The van der Waals surface area contributed by atoms with Gasteiger partial charge in [0.25, 0.3) is 5.91 Å². The Balaban J connectivity index is 1.42. The molecule has 1 amide bonds. The highest BCUT2D eigenvalue weighted by molar-refractivity contribution is 7.07. The van der Waals surface area contributed by atoms with E-state index in [1.54, 1.807) is 16.2 Å². The van der Waals surface area contributed by atoms with E-state index in [1.807, 2.05) is 41.6 Å². The van der Waals surface area contributed by atoms with Crippen molar-refractivity contribution in [1.29, 1.82) is 0 Å². The Morgan fingerprint density at radius 3 is 2.54 bits per heavy atom. The molecule has 0 spiro atoms. The maximum Gasteiger partial charge on any atom is 0.258 e. The van der Waals surface area contributed by atoms with Gasteiger partial charge in [-0.25, -0.2) is 0 Å². The van der Waals surface area contributed by atoms with E-state index in [1.165, 1.54) is 11.1 Å². The zero-order chi connectivity index (χ0) is 19.5. The van der Waals surface area contributed by atoms with Crippen molar-refractivity contribution in [3.8, 4) is 0 Å². The summed E-state index contributed by atoms with van der Waals surface area (Å²) in [5.41, 5.74) is 5.15. The normalized spacial score (nSPS) is 15.1. The molecule has 0 aliphatic carbocycles. The van der Waals surface area contributed by atoms with E-state index in [9.17, 15) is 4.79 Å². The van der Waals surface area contributed by atoms with Crippen LogP contribution >= 0.6 is 11.3 Å². The number of aryl methyl sites for hydroxylation is 1. The molecule has 6 heteroatoms. The highest BCUT2D eigenvalue weighted by Gasteiger charge is 2.28. The van der Waals surface area contributed by atoms with Gasteiger partial charge < -0.3 is 9.80 Å². The predicted octanol–water partition coefficient (Wildman–Crippen LogP) is 2.15. The first-order valence-corrected chi connectivity index (χ1v) is 10.8. The van der Waals surface area contributed by atoms with Crippen molar-refractivity contribution in [2.75, 3.05) is 26.2 Å². The summed E-state index contributed by atoms with van der Waals surface area (Å²) in [6, 6.07) is 12.5. The molecule has 1 aliphatic heterocycles. The molecule has 2 aromatic heterocycles. The van der Waals surface area contributed by atoms with E-state index < -0.39 is 0 Å². The van der Waals surface area contributed by atoms with Gasteiger partial charge in [0.2, 0.25) is 0 Å². The third-order valence-electron chi connectivity index (χ3n) is 5.56. The number of amides is 1. The summed E-state index contributed by atoms with van der Waals surface area (Å²) < 4.78 is 1.95. The van der Waals surface area contributed by atoms with Crippen molar-refractivity contribution in [3.63, 3.8) is 0 Å². The van der Waals surface area contributed by atoms with E-state index >= 15 is 0 Å². The Hall–Kier alpha value is -2.44. The van der Waals surface area contributed by atoms with Gasteiger partial charge in [0.05, 0.1) is 44.0 Å². The molecule has 0 atom stereocenters. The van der Waals surface area contributed by atoms with E-state index in [0.29, 0.717) is 6.54 Å². The molecule has 3 aromatic rings. The Bertz CT molecular complexity index is 925. The van der Waals surface area contributed by atoms with Crippen LogP contribution in [-0.4, -0.2) is 46.8 Å². The maximum absolute atomic E-state index is 13.2. The SMILES string of the molecule is Cc1nn(Cc2ccccc2)c(C)c1C(=O)N1CC[NH+](Cc2ccsc2)CC1. The smallest absolute Gasteiger partial charge is 0.258 e. The van der Waals surface area contributed by atoms with Crippen LogP contribution in [0.25, 0.3) is 0 Å². The summed E-state index contributed by atoms with van der Waals surface area (Å²) >= 11 is 1.75. The zero-order valence-electron chi connectivity index (χ0n) is 16.5. The monoisotopic (exact) mass is 395 g/mol. The molecule has 1 aromatic carbocycles. The molecule has 146 valence electrons. The van der Waals surface area contributed by atoms with Gasteiger partial charge in [-0.3, -0.25) is 9.48 Å². The van der Waals surface area contributed by atoms with Crippen LogP contribution in [0.4, 0.5) is 0 Å². The van der Waals surface area contributed by atoms with Gasteiger partial charge in [0, 0.05) is 11.3 Å². The van der Waals surface area contributed by atoms with Crippen LogP contribution in [0.1, 0.15) is 32.9 Å². The van der Waals surface area contributed by atoms with Crippen molar-refractivity contribution in [2.24, 2.45) is 0 Å². The van der Waals surface area contributed by atoms with Crippen molar-refractivity contribution in [1.82, 2.24) is 14.7 Å². The fraction of sp³-hybridized carbons (Fsp3) is 0.364. The number of hydrogen-bond donors (Lipinski definition) is 1. The number of quaternary nitrogens is 1. The molecule has 1 N–H and O–H groups in total. The Morgan fingerprint density at radius 1 is 1.11 bits per heavy atom. The third kappa shape index (κ3) is 4.03. The van der Waals surface area contributed by atoms with Gasteiger partial charge in [0.1, 0.15) is 6.54 Å². The van der Waals surface area contributed by atoms with Crippen LogP contribution in [0.3, 0.4) is 0 Å². The van der Waals surface area contributed by atoms with Crippen LogP contribution in [0.15, 0.2) is 47.2 Å². The maximum atomic E-state index is 13.2. The second kappa shape index (κ2) is 8.29.